The molecule has 1 aromatic heterocycles. The highest BCUT2D eigenvalue weighted by Gasteiger charge is 2.00. The normalized spacial score (nSPS) is 10.7. The molecule has 0 atom stereocenters. The van der Waals surface area contributed by atoms with Gasteiger partial charge in [0.05, 0.1) is 3.79 Å². The molecule has 1 heterocycles. The fraction of sp³-hybridized carbons (Fsp3) is 0. The lowest BCUT2D eigenvalue weighted by Gasteiger charge is -1.89. The van der Waals surface area contributed by atoms with E-state index in [0.29, 0.717) is 0 Å². The molecule has 0 unspecified atom stereocenters. The van der Waals surface area contributed by atoms with Crippen molar-refractivity contribution in [2.24, 2.45) is 0 Å². The van der Waals surface area contributed by atoms with Crippen LogP contribution in [-0.2, 0) is 0 Å². The van der Waals surface area contributed by atoms with Crippen molar-refractivity contribution < 1.29 is 0 Å². The van der Waals surface area contributed by atoms with Crippen LogP contribution in [0.4, 0.5) is 0 Å². The molecular weight excluding hydrogens is 288 g/mol. The van der Waals surface area contributed by atoms with E-state index in [2.05, 4.69) is 50.1 Å². The number of thiophene rings is 1. The summed E-state index contributed by atoms with van der Waals surface area (Å²) in [6.07, 6.45) is 0. The third-order valence-electron chi connectivity index (χ3n) is 1.47. The average Bonchev–Trinajstić information content (AvgIpc) is 2.31. The summed E-state index contributed by atoms with van der Waals surface area (Å²) in [5, 5.41) is 1.29. The van der Waals surface area contributed by atoms with Crippen LogP contribution in [0.2, 0.25) is 0 Å². The van der Waals surface area contributed by atoms with Gasteiger partial charge in [-0.05, 0) is 49.4 Å². The first-order chi connectivity index (χ1) is 5.27. The van der Waals surface area contributed by atoms with Gasteiger partial charge in [-0.15, -0.1) is 11.3 Å². The van der Waals surface area contributed by atoms with Crippen molar-refractivity contribution in [2.45, 2.75) is 0 Å². The molecule has 3 heteroatoms. The molecule has 0 aliphatic heterocycles. The fourth-order valence-electron chi connectivity index (χ4n) is 0.996. The molecule has 0 aliphatic rings. The highest BCUT2D eigenvalue weighted by Crippen LogP contribution is 2.34. The summed E-state index contributed by atoms with van der Waals surface area (Å²) in [7, 11) is 0. The summed E-state index contributed by atoms with van der Waals surface area (Å²) in [5.74, 6) is 0. The number of hydrogen-bond donors (Lipinski definition) is 0. The molecule has 2 rings (SSSR count). The Bertz CT molecular complexity index is 392. The molecular formula is C8H4Br2S. The first kappa shape index (κ1) is 7.77. The molecule has 11 heavy (non-hydrogen) atoms. The monoisotopic (exact) mass is 290 g/mol. The van der Waals surface area contributed by atoms with Crippen LogP contribution in [0.5, 0.6) is 0 Å². The smallest absolute Gasteiger partial charge is 0.0711 e. The Morgan fingerprint density at radius 3 is 2.73 bits per heavy atom. The highest BCUT2D eigenvalue weighted by molar-refractivity contribution is 9.11. The predicted octanol–water partition coefficient (Wildman–Crippen LogP) is 4.43. The largest absolute Gasteiger partial charge is 0.127 e. The van der Waals surface area contributed by atoms with Crippen molar-refractivity contribution in [3.63, 3.8) is 0 Å². The van der Waals surface area contributed by atoms with Gasteiger partial charge in [0.1, 0.15) is 0 Å². The molecule has 0 saturated heterocycles. The van der Waals surface area contributed by atoms with Crippen molar-refractivity contribution in [1.29, 1.82) is 0 Å². The van der Waals surface area contributed by atoms with Crippen LogP contribution < -0.4 is 0 Å². The first-order valence-corrected chi connectivity index (χ1v) is 5.51. The summed E-state index contributed by atoms with van der Waals surface area (Å²) in [4.78, 5) is 0. The van der Waals surface area contributed by atoms with Crippen molar-refractivity contribution in [3.05, 3.63) is 32.5 Å². The summed E-state index contributed by atoms with van der Waals surface area (Å²) < 4.78 is 3.66. The fourth-order valence-corrected chi connectivity index (χ4v) is 3.14. The topological polar surface area (TPSA) is 0 Å². The number of fused-ring (bicyclic) bond motifs is 1. The summed E-state index contributed by atoms with van der Waals surface area (Å²) >= 11 is 8.70. The van der Waals surface area contributed by atoms with Crippen LogP contribution in [0, 0.1) is 0 Å². The lowest BCUT2D eigenvalue weighted by Crippen LogP contribution is -1.62. The summed E-state index contributed by atoms with van der Waals surface area (Å²) in [6.45, 7) is 0. The predicted molar refractivity (Wildman–Crippen MR) is 57.2 cm³/mol. The molecule has 0 spiro atoms. The van der Waals surface area contributed by atoms with Crippen LogP contribution in [0.25, 0.3) is 10.1 Å². The number of benzene rings is 1. The van der Waals surface area contributed by atoms with Crippen molar-refractivity contribution >= 4 is 53.3 Å². The Morgan fingerprint density at radius 1 is 1.18 bits per heavy atom. The molecule has 0 N–H and O–H groups in total. The molecule has 2 aromatic rings. The Balaban J connectivity index is 2.90. The van der Waals surface area contributed by atoms with E-state index in [1.807, 2.05) is 6.07 Å². The van der Waals surface area contributed by atoms with Crippen LogP contribution in [0.3, 0.4) is 0 Å². The Morgan fingerprint density at radius 2 is 2.00 bits per heavy atom. The molecule has 0 amide bonds. The van der Waals surface area contributed by atoms with E-state index in [1.165, 1.54) is 18.3 Å². The van der Waals surface area contributed by atoms with Gasteiger partial charge in [0.15, 0.2) is 0 Å². The second-order valence-corrected chi connectivity index (χ2v) is 5.49. The summed E-state index contributed by atoms with van der Waals surface area (Å²) in [6, 6.07) is 8.35. The second kappa shape index (κ2) is 2.88. The quantitative estimate of drug-likeness (QED) is 0.674. The van der Waals surface area contributed by atoms with E-state index in [-0.39, 0.29) is 0 Å². The molecule has 0 bridgehead atoms. The third-order valence-corrected chi connectivity index (χ3v) is 4.08. The number of halogens is 2. The zero-order valence-electron chi connectivity index (χ0n) is 5.47. The van der Waals surface area contributed by atoms with Crippen molar-refractivity contribution in [2.75, 3.05) is 0 Å². The van der Waals surface area contributed by atoms with Gasteiger partial charge in [0.2, 0.25) is 0 Å². The van der Waals surface area contributed by atoms with E-state index in [0.717, 1.165) is 0 Å². The van der Waals surface area contributed by atoms with E-state index < -0.39 is 0 Å². The van der Waals surface area contributed by atoms with Crippen LogP contribution >= 0.6 is 43.2 Å². The van der Waals surface area contributed by atoms with Crippen molar-refractivity contribution in [1.82, 2.24) is 0 Å². The highest BCUT2D eigenvalue weighted by atomic mass is 79.9. The van der Waals surface area contributed by atoms with Gasteiger partial charge >= 0.3 is 0 Å². The second-order valence-electron chi connectivity index (χ2n) is 2.21. The van der Waals surface area contributed by atoms with Gasteiger partial charge in [-0.3, -0.25) is 0 Å². The van der Waals surface area contributed by atoms with Crippen molar-refractivity contribution in [3.8, 4) is 0 Å². The standard InChI is InChI=1S/C8H4Br2S/c9-6-3-1-2-5-4-7(10)11-8(5)6/h1-4H. The van der Waals surface area contributed by atoms with Gasteiger partial charge in [0.25, 0.3) is 0 Å². The number of hydrogen-bond acceptors (Lipinski definition) is 1. The average molecular weight is 292 g/mol. The maximum Gasteiger partial charge on any atom is 0.0711 e. The lowest BCUT2D eigenvalue weighted by molar-refractivity contribution is 1.79. The molecule has 0 fully saturated rings. The van der Waals surface area contributed by atoms with Gasteiger partial charge < -0.3 is 0 Å². The Hall–Kier alpha value is 0.140. The molecule has 0 nitrogen and oxygen atoms in total. The van der Waals surface area contributed by atoms with E-state index >= 15 is 0 Å². The van der Waals surface area contributed by atoms with E-state index in [1.54, 1.807) is 11.3 Å². The third kappa shape index (κ3) is 1.37. The van der Waals surface area contributed by atoms with Gasteiger partial charge in [-0.25, -0.2) is 0 Å². The molecule has 0 aliphatic carbocycles. The minimum Gasteiger partial charge on any atom is -0.127 e. The van der Waals surface area contributed by atoms with Gasteiger partial charge in [-0.1, -0.05) is 12.1 Å². The van der Waals surface area contributed by atoms with Gasteiger partial charge in [-0.2, -0.15) is 0 Å². The van der Waals surface area contributed by atoms with E-state index in [4.69, 9.17) is 0 Å². The molecule has 56 valence electrons. The SMILES string of the molecule is Brc1cc2cccc(Br)c2s1. The van der Waals surface area contributed by atoms with Gasteiger partial charge in [0, 0.05) is 9.17 Å². The minimum atomic E-state index is 1.17. The minimum absolute atomic E-state index is 1.17. The molecule has 0 radical (unpaired) electrons. The zero-order valence-corrected chi connectivity index (χ0v) is 9.46. The zero-order chi connectivity index (χ0) is 7.84. The van der Waals surface area contributed by atoms with Crippen LogP contribution in [-0.4, -0.2) is 0 Å². The lowest BCUT2D eigenvalue weighted by atomic mass is 10.3. The first-order valence-electron chi connectivity index (χ1n) is 3.11. The summed E-state index contributed by atoms with van der Waals surface area (Å²) in [5.41, 5.74) is 0. The Kier molecular flexibility index (Phi) is 2.04. The number of rotatable bonds is 0. The molecule has 0 saturated carbocycles. The molecule has 1 aromatic carbocycles. The maximum absolute atomic E-state index is 3.50. The maximum atomic E-state index is 3.50. The van der Waals surface area contributed by atoms with Crippen LogP contribution in [0.1, 0.15) is 0 Å². The Labute approximate surface area is 85.5 Å². The van der Waals surface area contributed by atoms with Crippen LogP contribution in [0.15, 0.2) is 32.5 Å². The van der Waals surface area contributed by atoms with E-state index in [9.17, 15) is 0 Å².